The summed E-state index contributed by atoms with van der Waals surface area (Å²) < 4.78 is 12.2. The molecule has 0 N–H and O–H groups in total. The van der Waals surface area contributed by atoms with Crippen LogP contribution in [0.4, 0.5) is 0 Å². The van der Waals surface area contributed by atoms with Gasteiger partial charge >= 0.3 is 5.97 Å². The van der Waals surface area contributed by atoms with Gasteiger partial charge in [-0.2, -0.15) is 0 Å². The van der Waals surface area contributed by atoms with Gasteiger partial charge in [-0.1, -0.05) is 30.0 Å². The Morgan fingerprint density at radius 1 is 1.25 bits per heavy atom. The zero-order chi connectivity index (χ0) is 17.1. The number of hydrogen-bond donors (Lipinski definition) is 0. The highest BCUT2D eigenvalue weighted by atomic mass is 32.2. The lowest BCUT2D eigenvalue weighted by Crippen LogP contribution is -2.15. The Kier molecular flexibility index (Phi) is 4.71. The van der Waals surface area contributed by atoms with E-state index in [4.69, 9.17) is 9.15 Å². The van der Waals surface area contributed by atoms with Crippen molar-refractivity contribution in [1.82, 2.24) is 14.8 Å². The molecule has 2 aromatic heterocycles. The number of furan rings is 1. The van der Waals surface area contributed by atoms with Crippen molar-refractivity contribution in [3.63, 3.8) is 0 Å². The van der Waals surface area contributed by atoms with Crippen LogP contribution in [0.5, 0.6) is 0 Å². The van der Waals surface area contributed by atoms with E-state index in [9.17, 15) is 4.79 Å². The van der Waals surface area contributed by atoms with Crippen LogP contribution in [-0.4, -0.2) is 33.1 Å². The molecule has 0 aliphatic heterocycles. The topological polar surface area (TPSA) is 70.2 Å². The number of nitrogens with zero attached hydrogens (tertiary/aromatic N) is 3. The third kappa shape index (κ3) is 3.07. The first-order chi connectivity index (χ1) is 11.6. The molecule has 0 radical (unpaired) electrons. The normalized spacial score (nSPS) is 12.1. The highest BCUT2D eigenvalue weighted by Gasteiger charge is 2.23. The summed E-state index contributed by atoms with van der Waals surface area (Å²) >= 11 is 1.30. The molecule has 1 aromatic carbocycles. The number of esters is 1. The molecule has 1 atom stereocenters. The van der Waals surface area contributed by atoms with Crippen molar-refractivity contribution < 1.29 is 13.9 Å². The number of aromatic nitrogens is 3. The molecule has 2 heterocycles. The SMILES string of the molecule is COC(=O)C(C)Sc1nnc(-c2ccco2)n1-c1ccccc1C. The monoisotopic (exact) mass is 343 g/mol. The number of para-hydroxylation sites is 1. The second-order valence-electron chi connectivity index (χ2n) is 5.19. The van der Waals surface area contributed by atoms with Gasteiger partial charge in [0, 0.05) is 0 Å². The number of rotatable bonds is 5. The molecule has 3 aromatic rings. The van der Waals surface area contributed by atoms with Crippen molar-refractivity contribution in [2.45, 2.75) is 24.3 Å². The van der Waals surface area contributed by atoms with Gasteiger partial charge in [0.15, 0.2) is 10.9 Å². The molecule has 0 fully saturated rings. The van der Waals surface area contributed by atoms with Crippen LogP contribution >= 0.6 is 11.8 Å². The Morgan fingerprint density at radius 2 is 2.04 bits per heavy atom. The Morgan fingerprint density at radius 3 is 2.71 bits per heavy atom. The summed E-state index contributed by atoms with van der Waals surface area (Å²) in [5.74, 6) is 0.899. The Hall–Kier alpha value is -2.54. The fourth-order valence-electron chi connectivity index (χ4n) is 2.32. The minimum Gasteiger partial charge on any atom is -0.468 e. The number of thioether (sulfide) groups is 1. The zero-order valence-electron chi connectivity index (χ0n) is 13.6. The average Bonchev–Trinajstić information content (AvgIpc) is 3.24. The van der Waals surface area contributed by atoms with Crippen LogP contribution in [0.15, 0.2) is 52.2 Å². The molecule has 0 spiro atoms. The minimum absolute atomic E-state index is 0.307. The lowest BCUT2D eigenvalue weighted by molar-refractivity contribution is -0.139. The van der Waals surface area contributed by atoms with Gasteiger partial charge in [-0.05, 0) is 37.6 Å². The molecule has 124 valence electrons. The van der Waals surface area contributed by atoms with Crippen molar-refractivity contribution >= 4 is 17.7 Å². The lowest BCUT2D eigenvalue weighted by Gasteiger charge is -2.13. The largest absolute Gasteiger partial charge is 0.468 e. The number of hydrogen-bond acceptors (Lipinski definition) is 6. The van der Waals surface area contributed by atoms with Gasteiger partial charge in [-0.3, -0.25) is 9.36 Å². The van der Waals surface area contributed by atoms with E-state index in [1.54, 1.807) is 19.3 Å². The van der Waals surface area contributed by atoms with E-state index in [2.05, 4.69) is 10.2 Å². The van der Waals surface area contributed by atoms with Crippen molar-refractivity contribution in [3.8, 4) is 17.3 Å². The third-order valence-electron chi connectivity index (χ3n) is 3.55. The van der Waals surface area contributed by atoms with E-state index in [0.29, 0.717) is 16.7 Å². The van der Waals surface area contributed by atoms with E-state index in [-0.39, 0.29) is 5.97 Å². The van der Waals surface area contributed by atoms with Crippen LogP contribution in [0.3, 0.4) is 0 Å². The molecule has 0 saturated carbocycles. The van der Waals surface area contributed by atoms with Crippen LogP contribution in [0.25, 0.3) is 17.3 Å². The van der Waals surface area contributed by atoms with Gasteiger partial charge in [-0.25, -0.2) is 0 Å². The molecule has 7 heteroatoms. The number of carbonyl (C=O) groups is 1. The van der Waals surface area contributed by atoms with E-state index in [0.717, 1.165) is 11.3 Å². The van der Waals surface area contributed by atoms with Crippen LogP contribution in [-0.2, 0) is 9.53 Å². The Balaban J connectivity index is 2.10. The van der Waals surface area contributed by atoms with Gasteiger partial charge in [-0.15, -0.1) is 10.2 Å². The molecule has 24 heavy (non-hydrogen) atoms. The lowest BCUT2D eigenvalue weighted by atomic mass is 10.2. The predicted octanol–water partition coefficient (Wildman–Crippen LogP) is 3.49. The number of benzene rings is 1. The molecular formula is C17H17N3O3S. The summed E-state index contributed by atoms with van der Waals surface area (Å²) in [6.07, 6.45) is 1.59. The molecule has 1 unspecified atom stereocenters. The predicted molar refractivity (Wildman–Crippen MR) is 91.1 cm³/mol. The summed E-state index contributed by atoms with van der Waals surface area (Å²) in [6.45, 7) is 3.79. The molecule has 6 nitrogen and oxygen atoms in total. The molecular weight excluding hydrogens is 326 g/mol. The van der Waals surface area contributed by atoms with Gasteiger partial charge in [0.05, 0.1) is 19.1 Å². The van der Waals surface area contributed by atoms with Crippen LogP contribution in [0.2, 0.25) is 0 Å². The fraction of sp³-hybridized carbons (Fsp3) is 0.235. The highest BCUT2D eigenvalue weighted by Crippen LogP contribution is 2.31. The van der Waals surface area contributed by atoms with E-state index < -0.39 is 5.25 Å². The molecule has 0 saturated heterocycles. The smallest absolute Gasteiger partial charge is 0.318 e. The average molecular weight is 343 g/mol. The Labute approximate surface area is 143 Å². The maximum Gasteiger partial charge on any atom is 0.318 e. The second kappa shape index (κ2) is 6.92. The third-order valence-corrected chi connectivity index (χ3v) is 4.57. The van der Waals surface area contributed by atoms with E-state index in [1.165, 1.54) is 18.9 Å². The van der Waals surface area contributed by atoms with Gasteiger partial charge < -0.3 is 9.15 Å². The molecule has 0 amide bonds. The van der Waals surface area contributed by atoms with Crippen LogP contribution < -0.4 is 0 Å². The summed E-state index contributed by atoms with van der Waals surface area (Å²) in [7, 11) is 1.37. The second-order valence-corrected chi connectivity index (χ2v) is 6.50. The van der Waals surface area contributed by atoms with Gasteiger partial charge in [0.25, 0.3) is 0 Å². The first kappa shape index (κ1) is 16.3. The summed E-state index contributed by atoms with van der Waals surface area (Å²) in [5.41, 5.74) is 2.01. The summed E-state index contributed by atoms with van der Waals surface area (Å²) in [6, 6.07) is 11.6. The minimum atomic E-state index is -0.397. The first-order valence-corrected chi connectivity index (χ1v) is 8.29. The highest BCUT2D eigenvalue weighted by molar-refractivity contribution is 8.00. The van der Waals surface area contributed by atoms with E-state index in [1.807, 2.05) is 41.8 Å². The summed E-state index contributed by atoms with van der Waals surface area (Å²) in [5, 5.41) is 8.72. The molecule has 0 aliphatic rings. The van der Waals surface area contributed by atoms with Crippen LogP contribution in [0.1, 0.15) is 12.5 Å². The maximum absolute atomic E-state index is 11.7. The maximum atomic E-state index is 11.7. The fourth-order valence-corrected chi connectivity index (χ4v) is 3.20. The van der Waals surface area contributed by atoms with Crippen molar-refractivity contribution in [3.05, 3.63) is 48.2 Å². The number of aryl methyl sites for hydroxylation is 1. The number of carbonyl (C=O) groups excluding carboxylic acids is 1. The van der Waals surface area contributed by atoms with Gasteiger partial charge in [0.2, 0.25) is 5.82 Å². The Bertz CT molecular complexity index is 843. The number of methoxy groups -OCH3 is 1. The standard InChI is InChI=1S/C17H17N3O3S/c1-11-7-4-5-8-13(11)20-15(14-9-6-10-23-14)18-19-17(20)24-12(2)16(21)22-3/h4-10,12H,1-3H3. The molecule has 3 rings (SSSR count). The van der Waals surface area contributed by atoms with Crippen LogP contribution in [0, 0.1) is 6.92 Å². The van der Waals surface area contributed by atoms with Crippen molar-refractivity contribution in [2.24, 2.45) is 0 Å². The molecule has 0 aliphatic carbocycles. The first-order valence-electron chi connectivity index (χ1n) is 7.41. The van der Waals surface area contributed by atoms with Crippen molar-refractivity contribution in [2.75, 3.05) is 7.11 Å². The van der Waals surface area contributed by atoms with E-state index >= 15 is 0 Å². The number of ether oxygens (including phenoxy) is 1. The summed E-state index contributed by atoms with van der Waals surface area (Å²) in [4.78, 5) is 11.7. The van der Waals surface area contributed by atoms with Gasteiger partial charge in [0.1, 0.15) is 5.25 Å². The molecule has 0 bridgehead atoms. The zero-order valence-corrected chi connectivity index (χ0v) is 14.4. The quantitative estimate of drug-likeness (QED) is 0.522. The van der Waals surface area contributed by atoms with Crippen molar-refractivity contribution in [1.29, 1.82) is 0 Å².